The van der Waals surface area contributed by atoms with E-state index in [1.807, 2.05) is 0 Å². The molecule has 0 spiro atoms. The number of fused-ring (bicyclic) bond motifs is 5. The molecular formula is C26H43NO6. The van der Waals surface area contributed by atoms with Crippen LogP contribution in [0.15, 0.2) is 0 Å². The van der Waals surface area contributed by atoms with Gasteiger partial charge in [-0.15, -0.1) is 0 Å². The Morgan fingerprint density at radius 1 is 1.03 bits per heavy atom. The van der Waals surface area contributed by atoms with Crippen molar-refractivity contribution in [2.24, 2.45) is 40.4 Å². The Balaban J connectivity index is 1.50. The minimum atomic E-state index is -1.05. The maximum Gasteiger partial charge on any atom is 0.322 e. The van der Waals surface area contributed by atoms with Crippen LogP contribution in [0.3, 0.4) is 0 Å². The van der Waals surface area contributed by atoms with Gasteiger partial charge in [-0.2, -0.15) is 0 Å². The molecule has 188 valence electrons. The van der Waals surface area contributed by atoms with Crippen molar-refractivity contribution in [1.29, 1.82) is 0 Å². The van der Waals surface area contributed by atoms with Crippen LogP contribution >= 0.6 is 0 Å². The molecular weight excluding hydrogens is 422 g/mol. The Hall–Kier alpha value is -1.18. The third-order valence-electron chi connectivity index (χ3n) is 10.8. The van der Waals surface area contributed by atoms with Crippen LogP contribution in [0, 0.1) is 40.4 Å². The number of hydrogen-bond donors (Lipinski definition) is 5. The minimum Gasteiger partial charge on any atom is -0.480 e. The fourth-order valence-electron chi connectivity index (χ4n) is 9.04. The lowest BCUT2D eigenvalue weighted by Crippen LogP contribution is -2.67. The highest BCUT2D eigenvalue weighted by molar-refractivity contribution is 5.81. The predicted octanol–water partition coefficient (Wildman–Crippen LogP) is 2.71. The molecule has 0 aliphatic heterocycles. The summed E-state index contributed by atoms with van der Waals surface area (Å²) in [6.07, 6.45) is 6.80. The van der Waals surface area contributed by atoms with E-state index in [0.717, 1.165) is 44.9 Å². The van der Waals surface area contributed by atoms with E-state index in [1.165, 1.54) is 0 Å². The number of carbonyl (C=O) groups excluding carboxylic acids is 1. The van der Waals surface area contributed by atoms with E-state index in [4.69, 9.17) is 5.11 Å². The van der Waals surface area contributed by atoms with Crippen LogP contribution in [0.2, 0.25) is 0 Å². The van der Waals surface area contributed by atoms with Gasteiger partial charge in [-0.1, -0.05) is 20.8 Å². The first-order valence-electron chi connectivity index (χ1n) is 13.0. The number of hydrogen-bond acceptors (Lipinski definition) is 5. The topological polar surface area (TPSA) is 127 Å². The van der Waals surface area contributed by atoms with Gasteiger partial charge in [0.2, 0.25) is 5.91 Å². The van der Waals surface area contributed by atoms with Crippen LogP contribution in [0.25, 0.3) is 0 Å². The zero-order valence-electron chi connectivity index (χ0n) is 20.4. The molecule has 0 aromatic rings. The third-order valence-corrected chi connectivity index (χ3v) is 10.8. The standard InChI is InChI=1S/C26H43NO6/c1-15(4-7-22(30)27-14-23(31)32)18-5-6-19-25(18,3)21(29)13-20-24(2)10-9-17(28)12-16(24)8-11-26(19,20)33/h15-21,28-29,33H,4-14H2,1-3H3,(H,27,30)(H,31,32)/t15-,16+,17-,18+,19+,20+,21+,24+,25-,26+/m1/s1. The van der Waals surface area contributed by atoms with Crippen LogP contribution in [-0.2, 0) is 9.59 Å². The summed E-state index contributed by atoms with van der Waals surface area (Å²) in [5, 5.41) is 45.3. The molecule has 0 unspecified atom stereocenters. The fraction of sp³-hybridized carbons (Fsp3) is 0.923. The summed E-state index contributed by atoms with van der Waals surface area (Å²) in [4.78, 5) is 22.7. The van der Waals surface area contributed by atoms with Crippen molar-refractivity contribution >= 4 is 11.9 Å². The molecule has 33 heavy (non-hydrogen) atoms. The summed E-state index contributed by atoms with van der Waals surface area (Å²) in [6.45, 7) is 6.22. The van der Waals surface area contributed by atoms with E-state index in [9.17, 15) is 24.9 Å². The molecule has 4 aliphatic carbocycles. The average Bonchev–Trinajstić information content (AvgIpc) is 3.13. The number of amides is 1. The number of carboxylic acid groups (broad SMARTS) is 1. The van der Waals surface area contributed by atoms with Gasteiger partial charge in [-0.25, -0.2) is 0 Å². The molecule has 10 atom stereocenters. The monoisotopic (exact) mass is 465 g/mol. The zero-order chi connectivity index (χ0) is 24.2. The Bertz CT molecular complexity index is 774. The Labute approximate surface area is 197 Å². The smallest absolute Gasteiger partial charge is 0.322 e. The molecule has 7 heteroatoms. The summed E-state index contributed by atoms with van der Waals surface area (Å²) in [5.41, 5.74) is -1.21. The highest BCUT2D eigenvalue weighted by atomic mass is 16.4. The van der Waals surface area contributed by atoms with Gasteiger partial charge in [0.25, 0.3) is 0 Å². The molecule has 0 aromatic carbocycles. The van der Waals surface area contributed by atoms with Crippen molar-refractivity contribution in [3.63, 3.8) is 0 Å². The first-order valence-corrected chi connectivity index (χ1v) is 13.0. The van der Waals surface area contributed by atoms with E-state index in [1.54, 1.807) is 0 Å². The summed E-state index contributed by atoms with van der Waals surface area (Å²) < 4.78 is 0. The molecule has 4 rings (SSSR count). The van der Waals surface area contributed by atoms with Crippen molar-refractivity contribution in [2.75, 3.05) is 6.54 Å². The lowest BCUT2D eigenvalue weighted by Gasteiger charge is -2.65. The molecule has 1 amide bonds. The van der Waals surface area contributed by atoms with Crippen LogP contribution in [0.4, 0.5) is 0 Å². The Morgan fingerprint density at radius 2 is 1.76 bits per heavy atom. The van der Waals surface area contributed by atoms with Crippen LogP contribution in [0.1, 0.15) is 85.0 Å². The van der Waals surface area contributed by atoms with Crippen molar-refractivity contribution in [3.05, 3.63) is 0 Å². The quantitative estimate of drug-likeness (QED) is 0.410. The number of aliphatic hydroxyl groups excluding tert-OH is 2. The number of rotatable bonds is 6. The number of aliphatic hydroxyl groups is 3. The van der Waals surface area contributed by atoms with Crippen LogP contribution in [-0.4, -0.2) is 56.7 Å². The normalized spacial score (nSPS) is 47.7. The highest BCUT2D eigenvalue weighted by Crippen LogP contribution is 2.69. The lowest BCUT2D eigenvalue weighted by atomic mass is 9.42. The zero-order valence-corrected chi connectivity index (χ0v) is 20.4. The van der Waals surface area contributed by atoms with E-state index < -0.39 is 17.7 Å². The third kappa shape index (κ3) is 4.02. The number of carboxylic acids is 1. The number of carbonyl (C=O) groups is 2. The minimum absolute atomic E-state index is 0.0386. The predicted molar refractivity (Wildman–Crippen MR) is 123 cm³/mol. The van der Waals surface area contributed by atoms with E-state index >= 15 is 0 Å². The van der Waals surface area contributed by atoms with Gasteiger partial charge in [0, 0.05) is 11.8 Å². The number of aliphatic carboxylic acids is 1. The highest BCUT2D eigenvalue weighted by Gasteiger charge is 2.69. The maximum atomic E-state index is 12.3. The Morgan fingerprint density at radius 3 is 2.45 bits per heavy atom. The molecule has 0 heterocycles. The Kier molecular flexibility index (Phi) is 6.64. The molecule has 0 bridgehead atoms. The van der Waals surface area contributed by atoms with Gasteiger partial charge in [-0.05, 0) is 92.8 Å². The summed E-state index contributed by atoms with van der Waals surface area (Å²) >= 11 is 0. The van der Waals surface area contributed by atoms with Gasteiger partial charge < -0.3 is 25.7 Å². The maximum absolute atomic E-state index is 12.3. The van der Waals surface area contributed by atoms with Crippen molar-refractivity contribution in [2.45, 2.75) is 103 Å². The van der Waals surface area contributed by atoms with Gasteiger partial charge in [0.05, 0.1) is 17.8 Å². The molecule has 4 aliphatic rings. The second-order valence-corrected chi connectivity index (χ2v) is 12.3. The van der Waals surface area contributed by atoms with Crippen molar-refractivity contribution in [1.82, 2.24) is 5.32 Å². The SMILES string of the molecule is C[C@H](CCC(=O)NCC(=O)O)[C@@H]1CC[C@@H]2[C@@]3(O)CC[C@H]4C[C@H](O)CC[C@]4(C)[C@@H]3C[C@H](O)[C@@]21C. The van der Waals surface area contributed by atoms with E-state index in [2.05, 4.69) is 26.1 Å². The first-order chi connectivity index (χ1) is 15.4. The van der Waals surface area contributed by atoms with Gasteiger partial charge in [0.15, 0.2) is 0 Å². The van der Waals surface area contributed by atoms with Crippen molar-refractivity contribution < 1.29 is 30.0 Å². The van der Waals surface area contributed by atoms with Crippen LogP contribution < -0.4 is 5.32 Å². The molecule has 5 N–H and O–H groups in total. The fourth-order valence-corrected chi connectivity index (χ4v) is 9.04. The summed E-state index contributed by atoms with van der Waals surface area (Å²) in [5.74, 6) is -0.389. The molecule has 4 fully saturated rings. The first kappa shape index (κ1) is 24.9. The molecule has 7 nitrogen and oxygen atoms in total. The average molecular weight is 466 g/mol. The molecule has 0 radical (unpaired) electrons. The lowest BCUT2D eigenvalue weighted by molar-refractivity contribution is -0.254. The van der Waals surface area contributed by atoms with Crippen LogP contribution in [0.5, 0.6) is 0 Å². The largest absolute Gasteiger partial charge is 0.480 e. The van der Waals surface area contributed by atoms with E-state index in [-0.39, 0.29) is 59.5 Å². The molecule has 4 saturated carbocycles. The van der Waals surface area contributed by atoms with Crippen molar-refractivity contribution in [3.8, 4) is 0 Å². The second-order valence-electron chi connectivity index (χ2n) is 12.3. The molecule has 0 aromatic heterocycles. The number of nitrogens with one attached hydrogen (secondary N) is 1. The summed E-state index contributed by atoms with van der Waals surface area (Å²) in [7, 11) is 0. The van der Waals surface area contributed by atoms with Gasteiger partial charge in [-0.3, -0.25) is 9.59 Å². The second kappa shape index (κ2) is 8.80. The van der Waals surface area contributed by atoms with Gasteiger partial charge >= 0.3 is 5.97 Å². The van der Waals surface area contributed by atoms with E-state index in [0.29, 0.717) is 18.8 Å². The van der Waals surface area contributed by atoms with Gasteiger partial charge in [0.1, 0.15) is 6.54 Å². The molecule has 0 saturated heterocycles. The summed E-state index contributed by atoms with van der Waals surface area (Å²) in [6, 6.07) is 0.